The third kappa shape index (κ3) is 5.74. The van der Waals surface area contributed by atoms with E-state index in [2.05, 4.69) is 41.6 Å². The monoisotopic (exact) mass is 590 g/mol. The summed E-state index contributed by atoms with van der Waals surface area (Å²) in [6, 6.07) is 8.42. The fourth-order valence-corrected chi connectivity index (χ4v) is 7.03. The number of fused-ring (bicyclic) bond motifs is 2. The first-order valence-electron chi connectivity index (χ1n) is 13.9. The van der Waals surface area contributed by atoms with Crippen molar-refractivity contribution < 1.29 is 18.7 Å². The summed E-state index contributed by atoms with van der Waals surface area (Å²) in [7, 11) is 0. The molecular weight excluding hydrogens is 554 g/mol. The van der Waals surface area contributed by atoms with Crippen LogP contribution in [0.1, 0.15) is 50.7 Å². The second-order valence-corrected chi connectivity index (χ2v) is 13.1. The Morgan fingerprint density at radius 2 is 1.90 bits per heavy atom. The van der Waals surface area contributed by atoms with Gasteiger partial charge in [-0.05, 0) is 66.3 Å². The van der Waals surface area contributed by atoms with Crippen molar-refractivity contribution in [3.05, 3.63) is 63.4 Å². The number of rotatable bonds is 7. The number of hydrogen-bond acceptors (Lipinski definition) is 5. The number of anilines is 1. The van der Waals surface area contributed by atoms with Crippen LogP contribution in [0.4, 0.5) is 10.1 Å². The maximum atomic E-state index is 14.8. The Labute approximate surface area is 245 Å². The predicted molar refractivity (Wildman–Crippen MR) is 156 cm³/mol. The second-order valence-electron chi connectivity index (χ2n) is 12.3. The molecule has 1 spiro atoms. The van der Waals surface area contributed by atoms with E-state index in [9.17, 15) is 14.0 Å². The quantitative estimate of drug-likeness (QED) is 0.406. The van der Waals surface area contributed by atoms with Crippen LogP contribution in [0.15, 0.2) is 36.4 Å². The number of morpholine rings is 1. The van der Waals surface area contributed by atoms with Gasteiger partial charge in [0.2, 0.25) is 11.8 Å². The highest BCUT2D eigenvalue weighted by Crippen LogP contribution is 2.56. The van der Waals surface area contributed by atoms with Crippen molar-refractivity contribution >= 4 is 40.7 Å². The van der Waals surface area contributed by atoms with Crippen LogP contribution < -0.4 is 16.0 Å². The van der Waals surface area contributed by atoms with Gasteiger partial charge in [0, 0.05) is 47.3 Å². The third-order valence-corrected chi connectivity index (χ3v) is 8.66. The lowest BCUT2D eigenvalue weighted by atomic mass is 9.62. The molecular formula is C30H37Cl2FN4O3. The Hall–Kier alpha value is -2.23. The van der Waals surface area contributed by atoms with E-state index in [1.807, 2.05) is 6.07 Å². The van der Waals surface area contributed by atoms with E-state index in [4.69, 9.17) is 27.9 Å². The van der Waals surface area contributed by atoms with Gasteiger partial charge in [-0.2, -0.15) is 0 Å². The Kier molecular flexibility index (Phi) is 8.47. The zero-order valence-corrected chi connectivity index (χ0v) is 24.7. The zero-order valence-electron chi connectivity index (χ0n) is 23.2. The largest absolute Gasteiger partial charge is 0.379 e. The molecule has 3 N–H and O–H groups in total. The van der Waals surface area contributed by atoms with Gasteiger partial charge in [-0.3, -0.25) is 14.5 Å². The maximum absolute atomic E-state index is 14.8. The molecule has 0 radical (unpaired) electrons. The van der Waals surface area contributed by atoms with Crippen molar-refractivity contribution in [1.29, 1.82) is 0 Å². The summed E-state index contributed by atoms with van der Waals surface area (Å²) in [5, 5.41) is 10.4. The van der Waals surface area contributed by atoms with Gasteiger partial charge in [0.15, 0.2) is 0 Å². The van der Waals surface area contributed by atoms with Crippen molar-refractivity contribution in [2.24, 2.45) is 5.41 Å². The van der Waals surface area contributed by atoms with Crippen molar-refractivity contribution in [1.82, 2.24) is 15.5 Å². The molecule has 2 saturated heterocycles. The summed E-state index contributed by atoms with van der Waals surface area (Å²) in [5.74, 6) is -1.69. The summed E-state index contributed by atoms with van der Waals surface area (Å²) in [5.41, 5.74) is 0.503. The molecule has 0 aromatic heterocycles. The highest BCUT2D eigenvalue weighted by atomic mass is 35.5. The van der Waals surface area contributed by atoms with E-state index in [1.54, 1.807) is 18.2 Å². The minimum Gasteiger partial charge on any atom is -0.379 e. The van der Waals surface area contributed by atoms with E-state index in [0.29, 0.717) is 29.2 Å². The fourth-order valence-electron chi connectivity index (χ4n) is 6.63. The molecule has 2 fully saturated rings. The van der Waals surface area contributed by atoms with Crippen molar-refractivity contribution in [3.63, 3.8) is 0 Å². The number of benzene rings is 2. The van der Waals surface area contributed by atoms with Gasteiger partial charge in [0.25, 0.3) is 0 Å². The SMILES string of the molecule is CC(C)(C)C[C@H]1N[C@@H](C(=O)NCCCN2CCOCC2)[C@H](c2cc(F)cc(Cl)c2)[C@@]12C(=O)Nc1cc(Cl)ccc12. The van der Waals surface area contributed by atoms with Gasteiger partial charge in [0.05, 0.1) is 19.3 Å². The Balaban J connectivity index is 1.53. The number of nitrogens with zero attached hydrogens (tertiary/aromatic N) is 1. The molecule has 0 unspecified atom stereocenters. The van der Waals surface area contributed by atoms with Crippen LogP contribution in [0, 0.1) is 11.2 Å². The van der Waals surface area contributed by atoms with Crippen LogP contribution in [0.25, 0.3) is 0 Å². The average molecular weight is 592 g/mol. The lowest BCUT2D eigenvalue weighted by Gasteiger charge is -2.37. The summed E-state index contributed by atoms with van der Waals surface area (Å²) in [6.07, 6.45) is 1.39. The number of amides is 2. The topological polar surface area (TPSA) is 82.7 Å². The van der Waals surface area contributed by atoms with E-state index in [-0.39, 0.29) is 22.3 Å². The lowest BCUT2D eigenvalue weighted by molar-refractivity contribution is -0.123. The molecule has 2 aromatic carbocycles. The van der Waals surface area contributed by atoms with Crippen molar-refractivity contribution in [2.45, 2.75) is 57.0 Å². The number of carbonyl (C=O) groups excluding carboxylic acids is 2. The van der Waals surface area contributed by atoms with Gasteiger partial charge in [-0.1, -0.05) is 50.0 Å². The number of nitrogens with one attached hydrogen (secondary N) is 3. The minimum atomic E-state index is -1.18. The minimum absolute atomic E-state index is 0.173. The van der Waals surface area contributed by atoms with Gasteiger partial charge < -0.3 is 20.7 Å². The standard InChI is InChI=1S/C30H37Cl2FN4O3/c1-29(2,3)17-24-30(22-6-5-19(31)16-23(22)35-28(30)39)25(18-13-20(32)15-21(33)14-18)26(36-24)27(38)34-7-4-8-37-9-11-40-12-10-37/h5-6,13-16,24-26,36H,4,7-12,17H2,1-3H3,(H,34,38)(H,35,39)/t24-,25+,26-,30+/m1/s1. The second kappa shape index (κ2) is 11.6. The fraction of sp³-hybridized carbons (Fsp3) is 0.533. The molecule has 2 amide bonds. The molecule has 0 aliphatic carbocycles. The molecule has 2 aromatic rings. The summed E-state index contributed by atoms with van der Waals surface area (Å²) in [6.45, 7) is 10.9. The molecule has 0 saturated carbocycles. The molecule has 10 heteroatoms. The Morgan fingerprint density at radius 3 is 2.60 bits per heavy atom. The smallest absolute Gasteiger partial charge is 0.237 e. The van der Waals surface area contributed by atoms with E-state index in [1.165, 1.54) is 12.1 Å². The first kappa shape index (κ1) is 29.3. The van der Waals surface area contributed by atoms with Crippen LogP contribution in [0.3, 0.4) is 0 Å². The maximum Gasteiger partial charge on any atom is 0.237 e. The molecule has 3 heterocycles. The molecule has 3 aliphatic rings. The van der Waals surface area contributed by atoms with E-state index >= 15 is 0 Å². The van der Waals surface area contributed by atoms with Gasteiger partial charge >= 0.3 is 0 Å². The molecule has 216 valence electrons. The summed E-state index contributed by atoms with van der Waals surface area (Å²) < 4.78 is 20.2. The van der Waals surface area contributed by atoms with Crippen molar-refractivity contribution in [3.8, 4) is 0 Å². The van der Waals surface area contributed by atoms with Crippen LogP contribution in [0.5, 0.6) is 0 Å². The third-order valence-electron chi connectivity index (χ3n) is 8.20. The van der Waals surface area contributed by atoms with E-state index < -0.39 is 29.2 Å². The van der Waals surface area contributed by atoms with Crippen LogP contribution in [-0.4, -0.2) is 68.2 Å². The number of carbonyl (C=O) groups is 2. The lowest BCUT2D eigenvalue weighted by Crippen LogP contribution is -2.49. The van der Waals surface area contributed by atoms with E-state index in [0.717, 1.165) is 44.8 Å². The predicted octanol–water partition coefficient (Wildman–Crippen LogP) is 4.72. The number of halogens is 3. The van der Waals surface area contributed by atoms with Crippen LogP contribution in [0.2, 0.25) is 10.0 Å². The normalized spacial score (nSPS) is 26.6. The molecule has 5 rings (SSSR count). The first-order chi connectivity index (χ1) is 19.0. The summed E-state index contributed by atoms with van der Waals surface area (Å²) >= 11 is 12.6. The number of ether oxygens (including phenoxy) is 1. The highest BCUT2D eigenvalue weighted by molar-refractivity contribution is 6.31. The molecule has 3 aliphatic heterocycles. The van der Waals surface area contributed by atoms with Gasteiger partial charge in [0.1, 0.15) is 11.2 Å². The van der Waals surface area contributed by atoms with Gasteiger partial charge in [-0.15, -0.1) is 0 Å². The molecule has 7 nitrogen and oxygen atoms in total. The summed E-state index contributed by atoms with van der Waals surface area (Å²) in [4.78, 5) is 30.4. The highest BCUT2D eigenvalue weighted by Gasteiger charge is 2.65. The van der Waals surface area contributed by atoms with Gasteiger partial charge in [-0.25, -0.2) is 4.39 Å². The first-order valence-corrected chi connectivity index (χ1v) is 14.7. The Morgan fingerprint density at radius 1 is 1.15 bits per heavy atom. The molecule has 40 heavy (non-hydrogen) atoms. The van der Waals surface area contributed by atoms with Crippen molar-refractivity contribution in [2.75, 3.05) is 44.7 Å². The zero-order chi connectivity index (χ0) is 28.7. The van der Waals surface area contributed by atoms with Crippen LogP contribution >= 0.6 is 23.2 Å². The molecule has 4 atom stereocenters. The number of hydrogen-bond donors (Lipinski definition) is 3. The van der Waals surface area contributed by atoms with Crippen LogP contribution in [-0.2, 0) is 19.7 Å². The average Bonchev–Trinajstić information content (AvgIpc) is 3.35. The molecule has 0 bridgehead atoms. The Bertz CT molecular complexity index is 1260.